The van der Waals surface area contributed by atoms with Crippen molar-refractivity contribution >= 4 is 11.6 Å². The first-order valence-electron chi connectivity index (χ1n) is 10.6. The van der Waals surface area contributed by atoms with Gasteiger partial charge >= 0.3 is 0 Å². The molecule has 1 aliphatic carbocycles. The Hall–Kier alpha value is -2.55. The van der Waals surface area contributed by atoms with Crippen molar-refractivity contribution in [3.63, 3.8) is 0 Å². The highest BCUT2D eigenvalue weighted by atomic mass is 35.5. The first-order valence-corrected chi connectivity index (χ1v) is 10.9. The van der Waals surface area contributed by atoms with Gasteiger partial charge in [-0.25, -0.2) is 8.78 Å². The third-order valence-electron chi connectivity index (χ3n) is 6.34. The van der Waals surface area contributed by atoms with Crippen molar-refractivity contribution in [2.24, 2.45) is 0 Å². The number of hydrogen-bond donors (Lipinski definition) is 1. The Balaban J connectivity index is 1.50. The molecule has 1 aliphatic heterocycles. The monoisotopic (exact) mass is 460 g/mol. The Morgan fingerprint density at radius 2 is 1.88 bits per heavy atom. The Bertz CT molecular complexity index is 1170. The van der Waals surface area contributed by atoms with Gasteiger partial charge in [0.15, 0.2) is 0 Å². The summed E-state index contributed by atoms with van der Waals surface area (Å²) in [7, 11) is 0. The first-order chi connectivity index (χ1) is 15.3. The minimum absolute atomic E-state index is 0.225. The number of ether oxygens (including phenoxy) is 1. The third-order valence-corrected chi connectivity index (χ3v) is 6.64. The van der Waals surface area contributed by atoms with Gasteiger partial charge in [0.2, 0.25) is 0 Å². The van der Waals surface area contributed by atoms with Gasteiger partial charge in [0.25, 0.3) is 0 Å². The molecule has 1 saturated heterocycles. The highest BCUT2D eigenvalue weighted by Crippen LogP contribution is 2.42. The molecule has 0 saturated carbocycles. The topological polar surface area (TPSA) is 63.4 Å². The largest absolute Gasteiger partial charge is 0.482 e. The predicted octanol–water partition coefficient (Wildman–Crippen LogP) is 3.93. The van der Waals surface area contributed by atoms with Crippen LogP contribution in [-0.2, 0) is 6.42 Å². The van der Waals surface area contributed by atoms with Crippen LogP contribution in [0.1, 0.15) is 35.3 Å². The summed E-state index contributed by atoms with van der Waals surface area (Å²) < 4.78 is 36.8. The second kappa shape index (κ2) is 8.10. The average Bonchev–Trinajstić information content (AvgIpc) is 3.41. The van der Waals surface area contributed by atoms with E-state index in [0.717, 1.165) is 23.4 Å². The predicted molar refractivity (Wildman–Crippen MR) is 115 cm³/mol. The molecular formula is C23H23ClF2N4O2. The van der Waals surface area contributed by atoms with Crippen molar-refractivity contribution in [1.29, 1.82) is 0 Å². The molecule has 0 amide bonds. The third kappa shape index (κ3) is 3.66. The van der Waals surface area contributed by atoms with Crippen LogP contribution in [0, 0.1) is 25.5 Å². The zero-order chi connectivity index (χ0) is 22.6. The van der Waals surface area contributed by atoms with Gasteiger partial charge in [-0.05, 0) is 56.5 Å². The zero-order valence-electron chi connectivity index (χ0n) is 17.7. The number of aliphatic hydroxyl groups excluding tert-OH is 1. The molecule has 168 valence electrons. The summed E-state index contributed by atoms with van der Waals surface area (Å²) in [6, 6.07) is 7.37. The number of fused-ring (bicyclic) bond motifs is 1. The molecule has 2 heterocycles. The molecular weight excluding hydrogens is 438 g/mol. The van der Waals surface area contributed by atoms with Gasteiger partial charge in [-0.15, -0.1) is 10.2 Å². The molecule has 1 aromatic heterocycles. The first kappa shape index (κ1) is 21.3. The summed E-state index contributed by atoms with van der Waals surface area (Å²) in [5.74, 6) is 0.671. The van der Waals surface area contributed by atoms with E-state index in [4.69, 9.17) is 16.3 Å². The minimum atomic E-state index is -0.642. The van der Waals surface area contributed by atoms with E-state index in [1.165, 1.54) is 6.07 Å². The van der Waals surface area contributed by atoms with E-state index < -0.39 is 23.8 Å². The highest BCUT2D eigenvalue weighted by Gasteiger charge is 2.42. The molecule has 1 N–H and O–H groups in total. The number of aromatic nitrogens is 3. The molecule has 1 fully saturated rings. The normalized spacial score (nSPS) is 23.0. The molecule has 2 aliphatic rings. The number of aliphatic hydroxyl groups is 1. The number of β-amino-alcohol motifs (C(OH)–C–C–N with tert-alkyl or cyclic N) is 1. The van der Waals surface area contributed by atoms with Crippen LogP contribution < -0.4 is 4.74 Å². The van der Waals surface area contributed by atoms with Crippen molar-refractivity contribution in [1.82, 2.24) is 19.7 Å². The van der Waals surface area contributed by atoms with Crippen molar-refractivity contribution in [2.75, 3.05) is 13.1 Å². The van der Waals surface area contributed by atoms with Crippen LogP contribution in [0.5, 0.6) is 5.75 Å². The average molecular weight is 461 g/mol. The zero-order valence-corrected chi connectivity index (χ0v) is 18.5. The van der Waals surface area contributed by atoms with Crippen LogP contribution in [0.15, 0.2) is 30.3 Å². The van der Waals surface area contributed by atoms with Crippen molar-refractivity contribution in [3.8, 4) is 11.4 Å². The maximum Gasteiger partial charge on any atom is 0.140 e. The van der Waals surface area contributed by atoms with Gasteiger partial charge in [0, 0.05) is 24.7 Å². The molecule has 0 spiro atoms. The van der Waals surface area contributed by atoms with Crippen LogP contribution in [0.2, 0.25) is 5.02 Å². The number of likely N-dealkylation sites (tertiary alicyclic amines) is 1. The van der Waals surface area contributed by atoms with E-state index in [9.17, 15) is 13.9 Å². The molecule has 9 heteroatoms. The van der Waals surface area contributed by atoms with Crippen LogP contribution in [0.3, 0.4) is 0 Å². The number of hydrogen-bond acceptors (Lipinski definition) is 5. The van der Waals surface area contributed by atoms with Crippen LogP contribution in [0.25, 0.3) is 5.69 Å². The summed E-state index contributed by atoms with van der Waals surface area (Å²) in [5.41, 5.74) is 1.73. The number of rotatable bonds is 4. The lowest BCUT2D eigenvalue weighted by Gasteiger charge is -2.30. The number of nitrogens with zero attached hydrogens (tertiary/aromatic N) is 4. The van der Waals surface area contributed by atoms with Crippen LogP contribution in [0.4, 0.5) is 8.78 Å². The quantitative estimate of drug-likeness (QED) is 0.639. The van der Waals surface area contributed by atoms with Gasteiger partial charge in [0.1, 0.15) is 35.1 Å². The Morgan fingerprint density at radius 1 is 1.12 bits per heavy atom. The smallest absolute Gasteiger partial charge is 0.140 e. The molecule has 0 bridgehead atoms. The fourth-order valence-electron chi connectivity index (χ4n) is 4.85. The van der Waals surface area contributed by atoms with E-state index in [1.54, 1.807) is 12.1 Å². The van der Waals surface area contributed by atoms with Crippen LogP contribution >= 0.6 is 11.6 Å². The van der Waals surface area contributed by atoms with Gasteiger partial charge in [-0.3, -0.25) is 9.47 Å². The standard InChI is InChI=1S/C23H23ClF2N4O2/c1-12-27-28-13(2)30(12)15-3-4-22(19(24)9-15)32-23-18-7-14(25)8-20(26)17(18)10-21(23)29-6-5-16(31)11-29/h3-4,7-9,16,21,23,31H,5-6,10-11H2,1-2H3/t16-,21+,23-/m1/s1. The fraction of sp³-hybridized carbons (Fsp3) is 0.391. The Labute approximate surface area is 189 Å². The second-order valence-corrected chi connectivity index (χ2v) is 8.85. The van der Waals surface area contributed by atoms with Crippen LogP contribution in [-0.4, -0.2) is 50.0 Å². The Morgan fingerprint density at radius 3 is 2.53 bits per heavy atom. The molecule has 0 radical (unpaired) electrons. The van der Waals surface area contributed by atoms with E-state index in [-0.39, 0.29) is 6.04 Å². The Kier molecular flexibility index (Phi) is 5.39. The molecule has 3 atom stereocenters. The van der Waals surface area contributed by atoms with Crippen molar-refractivity contribution < 1.29 is 18.6 Å². The summed E-state index contributed by atoms with van der Waals surface area (Å²) in [6.45, 7) is 4.85. The molecule has 5 rings (SSSR count). The van der Waals surface area contributed by atoms with E-state index in [2.05, 4.69) is 15.1 Å². The van der Waals surface area contributed by atoms with Gasteiger partial charge in [-0.1, -0.05) is 11.6 Å². The molecule has 3 aromatic rings. The van der Waals surface area contributed by atoms with Crippen molar-refractivity contribution in [2.45, 2.75) is 44.9 Å². The number of benzene rings is 2. The lowest BCUT2D eigenvalue weighted by molar-refractivity contribution is 0.0817. The van der Waals surface area contributed by atoms with Gasteiger partial charge in [0.05, 0.1) is 22.9 Å². The number of halogens is 3. The maximum atomic E-state index is 14.6. The van der Waals surface area contributed by atoms with Gasteiger partial charge < -0.3 is 9.84 Å². The molecule has 0 unspecified atom stereocenters. The van der Waals surface area contributed by atoms with E-state index >= 15 is 0 Å². The highest BCUT2D eigenvalue weighted by molar-refractivity contribution is 6.32. The summed E-state index contributed by atoms with van der Waals surface area (Å²) in [5, 5.41) is 18.5. The minimum Gasteiger partial charge on any atom is -0.482 e. The van der Waals surface area contributed by atoms with E-state index in [0.29, 0.717) is 47.8 Å². The molecule has 2 aromatic carbocycles. The maximum absolute atomic E-state index is 14.6. The molecule has 6 nitrogen and oxygen atoms in total. The van der Waals surface area contributed by atoms with Crippen molar-refractivity contribution in [3.05, 3.63) is 69.8 Å². The lowest BCUT2D eigenvalue weighted by atomic mass is 10.1. The van der Waals surface area contributed by atoms with E-state index in [1.807, 2.05) is 24.5 Å². The lowest BCUT2D eigenvalue weighted by Crippen LogP contribution is -2.39. The SMILES string of the molecule is Cc1nnc(C)n1-c1ccc(O[C@@H]2c3cc(F)cc(F)c3C[C@@H]2N2CC[C@@H](O)C2)c(Cl)c1. The second-order valence-electron chi connectivity index (χ2n) is 8.45. The molecule has 32 heavy (non-hydrogen) atoms. The number of aryl methyl sites for hydroxylation is 2. The summed E-state index contributed by atoms with van der Waals surface area (Å²) in [6.07, 6.45) is -0.0155. The summed E-state index contributed by atoms with van der Waals surface area (Å²) in [4.78, 5) is 2.08. The van der Waals surface area contributed by atoms with Gasteiger partial charge in [-0.2, -0.15) is 0 Å². The summed E-state index contributed by atoms with van der Waals surface area (Å²) >= 11 is 6.57. The fourth-order valence-corrected chi connectivity index (χ4v) is 5.07.